The zero-order chi connectivity index (χ0) is 11.7. The summed E-state index contributed by atoms with van der Waals surface area (Å²) < 4.78 is 13.7. The van der Waals surface area contributed by atoms with Crippen LogP contribution in [0, 0.1) is 12.7 Å². The summed E-state index contributed by atoms with van der Waals surface area (Å²) in [6.07, 6.45) is 1.30. The molecule has 5 heteroatoms. The molecule has 16 heavy (non-hydrogen) atoms. The molecule has 0 amide bonds. The van der Waals surface area contributed by atoms with Crippen LogP contribution in [-0.4, -0.2) is 9.97 Å². The van der Waals surface area contributed by atoms with E-state index >= 15 is 0 Å². The van der Waals surface area contributed by atoms with E-state index in [0.717, 1.165) is 0 Å². The highest BCUT2D eigenvalue weighted by molar-refractivity contribution is 6.31. The molecule has 0 spiro atoms. The second-order valence-electron chi connectivity index (χ2n) is 3.26. The van der Waals surface area contributed by atoms with E-state index in [9.17, 15) is 4.39 Å². The van der Waals surface area contributed by atoms with Crippen molar-refractivity contribution >= 4 is 23.2 Å². The van der Waals surface area contributed by atoms with Crippen molar-refractivity contribution in [2.75, 3.05) is 0 Å². The standard InChI is InChI=1S/C11H7Cl2FN2/c1-6-10(15-5-16-11(6)13)8-3-2-7(12)4-9(8)14/h2-5H,1H3. The maximum absolute atomic E-state index is 13.7. The first-order chi connectivity index (χ1) is 7.59. The van der Waals surface area contributed by atoms with Crippen LogP contribution in [-0.2, 0) is 0 Å². The molecule has 1 aromatic heterocycles. The molecule has 0 unspecified atom stereocenters. The first kappa shape index (κ1) is 11.3. The van der Waals surface area contributed by atoms with Crippen LogP contribution in [0.2, 0.25) is 10.2 Å². The summed E-state index contributed by atoms with van der Waals surface area (Å²) in [5.74, 6) is -0.426. The predicted octanol–water partition coefficient (Wildman–Crippen LogP) is 3.90. The van der Waals surface area contributed by atoms with Gasteiger partial charge in [-0.2, -0.15) is 0 Å². The number of nitrogens with zero attached hydrogens (tertiary/aromatic N) is 2. The third-order valence-corrected chi connectivity index (χ3v) is 2.82. The maximum Gasteiger partial charge on any atom is 0.135 e. The highest BCUT2D eigenvalue weighted by Gasteiger charge is 2.11. The molecule has 0 radical (unpaired) electrons. The largest absolute Gasteiger partial charge is 0.236 e. The van der Waals surface area contributed by atoms with E-state index in [1.807, 2.05) is 0 Å². The lowest BCUT2D eigenvalue weighted by molar-refractivity contribution is 0.630. The van der Waals surface area contributed by atoms with Gasteiger partial charge in [-0.25, -0.2) is 14.4 Å². The molecule has 82 valence electrons. The van der Waals surface area contributed by atoms with E-state index in [2.05, 4.69) is 9.97 Å². The monoisotopic (exact) mass is 256 g/mol. The van der Waals surface area contributed by atoms with E-state index in [-0.39, 0.29) is 0 Å². The minimum absolute atomic E-state index is 0.319. The third-order valence-electron chi connectivity index (χ3n) is 2.21. The van der Waals surface area contributed by atoms with Gasteiger partial charge in [0.2, 0.25) is 0 Å². The average molecular weight is 257 g/mol. The van der Waals surface area contributed by atoms with Crippen LogP contribution >= 0.6 is 23.2 Å². The molecule has 1 aromatic carbocycles. The molecule has 0 aliphatic rings. The Morgan fingerprint density at radius 2 is 1.94 bits per heavy atom. The Morgan fingerprint density at radius 3 is 2.62 bits per heavy atom. The number of halogens is 3. The van der Waals surface area contributed by atoms with Crippen LogP contribution in [0.4, 0.5) is 4.39 Å². The van der Waals surface area contributed by atoms with E-state index in [0.29, 0.717) is 27.0 Å². The van der Waals surface area contributed by atoms with Crippen LogP contribution in [0.25, 0.3) is 11.3 Å². The molecule has 0 aliphatic heterocycles. The minimum atomic E-state index is -0.426. The van der Waals surface area contributed by atoms with Crippen LogP contribution in [0.1, 0.15) is 5.56 Å². The lowest BCUT2D eigenvalue weighted by atomic mass is 10.1. The molecule has 2 rings (SSSR count). The highest BCUT2D eigenvalue weighted by atomic mass is 35.5. The molecule has 2 aromatic rings. The Morgan fingerprint density at radius 1 is 1.19 bits per heavy atom. The van der Waals surface area contributed by atoms with Crippen molar-refractivity contribution in [3.05, 3.63) is 46.1 Å². The number of aromatic nitrogens is 2. The second kappa shape index (κ2) is 4.36. The zero-order valence-electron chi connectivity index (χ0n) is 8.34. The fraction of sp³-hybridized carbons (Fsp3) is 0.0909. The minimum Gasteiger partial charge on any atom is -0.236 e. The van der Waals surface area contributed by atoms with Gasteiger partial charge in [-0.1, -0.05) is 23.2 Å². The Hall–Kier alpha value is -1.19. The molecule has 0 saturated heterocycles. The van der Waals surface area contributed by atoms with Gasteiger partial charge in [-0.05, 0) is 25.1 Å². The first-order valence-corrected chi connectivity index (χ1v) is 5.27. The number of benzene rings is 1. The summed E-state index contributed by atoms with van der Waals surface area (Å²) in [7, 11) is 0. The maximum atomic E-state index is 13.7. The van der Waals surface area contributed by atoms with Gasteiger partial charge < -0.3 is 0 Å². The fourth-order valence-corrected chi connectivity index (χ4v) is 1.67. The van der Waals surface area contributed by atoms with E-state index in [1.165, 1.54) is 12.4 Å². The Balaban J connectivity index is 2.63. The van der Waals surface area contributed by atoms with Gasteiger partial charge in [-0.3, -0.25) is 0 Å². The average Bonchev–Trinajstić information content (AvgIpc) is 2.23. The van der Waals surface area contributed by atoms with Crippen molar-refractivity contribution in [3.8, 4) is 11.3 Å². The summed E-state index contributed by atoms with van der Waals surface area (Å²) >= 11 is 11.5. The Kier molecular flexibility index (Phi) is 3.08. The van der Waals surface area contributed by atoms with Gasteiger partial charge in [0, 0.05) is 16.1 Å². The molecular weight excluding hydrogens is 250 g/mol. The van der Waals surface area contributed by atoms with Crippen LogP contribution in [0.3, 0.4) is 0 Å². The van der Waals surface area contributed by atoms with Crippen molar-refractivity contribution in [1.29, 1.82) is 0 Å². The zero-order valence-corrected chi connectivity index (χ0v) is 9.85. The summed E-state index contributed by atoms with van der Waals surface area (Å²) in [6.45, 7) is 1.74. The lowest BCUT2D eigenvalue weighted by Crippen LogP contribution is -1.94. The van der Waals surface area contributed by atoms with Crippen molar-refractivity contribution in [2.24, 2.45) is 0 Å². The molecule has 0 saturated carbocycles. The van der Waals surface area contributed by atoms with E-state index < -0.39 is 5.82 Å². The smallest absolute Gasteiger partial charge is 0.135 e. The van der Waals surface area contributed by atoms with Crippen molar-refractivity contribution in [3.63, 3.8) is 0 Å². The summed E-state index contributed by atoms with van der Waals surface area (Å²) in [4.78, 5) is 7.84. The molecule has 1 heterocycles. The van der Waals surface area contributed by atoms with Crippen LogP contribution < -0.4 is 0 Å². The summed E-state index contributed by atoms with van der Waals surface area (Å²) in [5.41, 5.74) is 1.49. The summed E-state index contributed by atoms with van der Waals surface area (Å²) in [6, 6.07) is 4.42. The molecule has 0 bridgehead atoms. The van der Waals surface area contributed by atoms with Gasteiger partial charge >= 0.3 is 0 Å². The molecule has 0 N–H and O–H groups in total. The van der Waals surface area contributed by atoms with Gasteiger partial charge in [0.15, 0.2) is 0 Å². The van der Waals surface area contributed by atoms with Crippen molar-refractivity contribution in [1.82, 2.24) is 9.97 Å². The van der Waals surface area contributed by atoms with Gasteiger partial charge in [0.25, 0.3) is 0 Å². The van der Waals surface area contributed by atoms with Crippen molar-refractivity contribution < 1.29 is 4.39 Å². The fourth-order valence-electron chi connectivity index (χ4n) is 1.38. The highest BCUT2D eigenvalue weighted by Crippen LogP contribution is 2.28. The Labute approximate surface area is 102 Å². The third kappa shape index (κ3) is 2.01. The van der Waals surface area contributed by atoms with Gasteiger partial charge in [-0.15, -0.1) is 0 Å². The lowest BCUT2D eigenvalue weighted by Gasteiger charge is -2.06. The molecule has 0 aliphatic carbocycles. The SMILES string of the molecule is Cc1c(Cl)ncnc1-c1ccc(Cl)cc1F. The topological polar surface area (TPSA) is 25.8 Å². The van der Waals surface area contributed by atoms with Gasteiger partial charge in [0.05, 0.1) is 5.69 Å². The van der Waals surface area contributed by atoms with Crippen molar-refractivity contribution in [2.45, 2.75) is 6.92 Å². The molecule has 0 atom stereocenters. The second-order valence-corrected chi connectivity index (χ2v) is 4.06. The van der Waals surface area contributed by atoms with E-state index in [4.69, 9.17) is 23.2 Å². The molecule has 2 nitrogen and oxygen atoms in total. The number of hydrogen-bond donors (Lipinski definition) is 0. The van der Waals surface area contributed by atoms with Gasteiger partial charge in [0.1, 0.15) is 17.3 Å². The van der Waals surface area contributed by atoms with E-state index in [1.54, 1.807) is 19.1 Å². The number of hydrogen-bond acceptors (Lipinski definition) is 2. The molecular formula is C11H7Cl2FN2. The van der Waals surface area contributed by atoms with Crippen LogP contribution in [0.5, 0.6) is 0 Å². The Bertz CT molecular complexity index is 544. The normalized spacial score (nSPS) is 10.5. The predicted molar refractivity (Wildman–Crippen MR) is 62.2 cm³/mol. The first-order valence-electron chi connectivity index (χ1n) is 4.52. The van der Waals surface area contributed by atoms with Crippen LogP contribution in [0.15, 0.2) is 24.5 Å². The molecule has 0 fully saturated rings. The summed E-state index contributed by atoms with van der Waals surface area (Å²) in [5, 5.41) is 0.665. The number of rotatable bonds is 1. The quantitative estimate of drug-likeness (QED) is 0.724.